The molecule has 0 amide bonds. The summed E-state index contributed by atoms with van der Waals surface area (Å²) in [5.74, 6) is -0.287. The van der Waals surface area contributed by atoms with Crippen LogP contribution < -0.4 is 9.79 Å². The average molecular weight is 519 g/mol. The third-order valence-corrected chi connectivity index (χ3v) is 7.82. The molecule has 2 aromatic carbocycles. The number of hydrogen-bond donors (Lipinski definition) is 2. The van der Waals surface area contributed by atoms with Gasteiger partial charge in [-0.3, -0.25) is 4.79 Å². The van der Waals surface area contributed by atoms with Crippen molar-refractivity contribution in [2.75, 3.05) is 18.0 Å². The van der Waals surface area contributed by atoms with Crippen molar-refractivity contribution >= 4 is 35.9 Å². The first-order valence-electron chi connectivity index (χ1n) is 13.3. The number of nitrogens with zero attached hydrogens (tertiary/aromatic N) is 2. The molecule has 2 aliphatic heterocycles. The zero-order valence-corrected chi connectivity index (χ0v) is 23.6. The Bertz CT molecular complexity index is 1240. The van der Waals surface area contributed by atoms with Crippen LogP contribution in [0.15, 0.2) is 72.5 Å². The van der Waals surface area contributed by atoms with E-state index >= 15 is 0 Å². The van der Waals surface area contributed by atoms with Crippen LogP contribution in [0.1, 0.15) is 71.4 Å². The van der Waals surface area contributed by atoms with Gasteiger partial charge in [0.2, 0.25) is 5.69 Å². The van der Waals surface area contributed by atoms with Gasteiger partial charge in [0, 0.05) is 53.9 Å². The molecule has 0 bridgehead atoms. The second kappa shape index (κ2) is 11.3. The van der Waals surface area contributed by atoms with Crippen LogP contribution in [0.5, 0.6) is 0 Å². The summed E-state index contributed by atoms with van der Waals surface area (Å²) in [6, 6.07) is 17.4. The topological polar surface area (TPSA) is 44.6 Å². The van der Waals surface area contributed by atoms with Gasteiger partial charge in [0.1, 0.15) is 6.54 Å². The number of nitrogens with one attached hydrogen (secondary N) is 1. The fraction of sp³-hybridized carbons (Fsp3) is 0.419. The van der Waals surface area contributed by atoms with Crippen LogP contribution in [0.3, 0.4) is 0 Å². The highest BCUT2D eigenvalue weighted by molar-refractivity contribution is 7.77. The van der Waals surface area contributed by atoms with Gasteiger partial charge in [-0.2, -0.15) is 4.58 Å². The molecule has 37 heavy (non-hydrogen) atoms. The molecule has 0 aliphatic carbocycles. The second-order valence-electron chi connectivity index (χ2n) is 10.9. The maximum absolute atomic E-state index is 11.7. The molecular formula is C31H40N3O2S+. The number of hydrogen-bond acceptors (Lipinski definition) is 5. The molecular weight excluding hydrogens is 478 g/mol. The Kier molecular flexibility index (Phi) is 8.29. The van der Waals surface area contributed by atoms with Gasteiger partial charge in [-0.1, -0.05) is 80.9 Å². The van der Waals surface area contributed by atoms with E-state index in [2.05, 4.69) is 129 Å². The molecule has 0 aromatic heterocycles. The molecule has 2 heterocycles. The van der Waals surface area contributed by atoms with Gasteiger partial charge in [0.05, 0.1) is 5.41 Å². The van der Waals surface area contributed by atoms with Crippen molar-refractivity contribution in [1.29, 1.82) is 0 Å². The Morgan fingerprint density at radius 3 is 2.46 bits per heavy atom. The number of thiol groups is 1. The Balaban J connectivity index is 1.63. The zero-order valence-electron chi connectivity index (χ0n) is 22.8. The minimum Gasteiger partial charge on any atom is -0.360 e. The number of allylic oxidation sites excluding steroid dienone is 4. The first kappa shape index (κ1) is 27.2. The summed E-state index contributed by atoms with van der Waals surface area (Å²) in [5.41, 5.74) is 7.75. The van der Waals surface area contributed by atoms with Crippen molar-refractivity contribution in [1.82, 2.24) is 4.89 Å². The Morgan fingerprint density at radius 1 is 1.03 bits per heavy atom. The third kappa shape index (κ3) is 5.27. The van der Waals surface area contributed by atoms with E-state index in [9.17, 15) is 4.79 Å². The SMILES string of the molecule is CCC[N+]1=C(/C=C/C=C2/N(CCCCC(=O)ONS)c3ccccc3C2(C)C)C(C)(C)c2ccccc21. The van der Waals surface area contributed by atoms with Gasteiger partial charge in [0.25, 0.3) is 0 Å². The smallest absolute Gasteiger partial charge is 0.325 e. The molecule has 0 unspecified atom stereocenters. The summed E-state index contributed by atoms with van der Waals surface area (Å²) in [6.07, 6.45) is 9.93. The highest BCUT2D eigenvalue weighted by atomic mass is 32.1. The van der Waals surface area contributed by atoms with E-state index in [-0.39, 0.29) is 16.8 Å². The number of fused-ring (bicyclic) bond motifs is 2. The van der Waals surface area contributed by atoms with Crippen LogP contribution in [-0.4, -0.2) is 29.3 Å². The molecule has 2 aromatic rings. The first-order chi connectivity index (χ1) is 17.7. The standard InChI is InChI=1S/C31H40N3O2S/c1-6-21-33-25-16-9-7-14-23(25)30(2,3)27(33)18-13-19-28-31(4,5)24-15-8-10-17-26(24)34(28)22-12-11-20-29(35)36-32-37/h7-10,13-19,32,37H,6,11-12,20-22H2,1-5H3/q+1. The quantitative estimate of drug-likeness (QED) is 0.158. The van der Waals surface area contributed by atoms with E-state index in [0.29, 0.717) is 6.42 Å². The van der Waals surface area contributed by atoms with E-state index in [0.717, 1.165) is 32.4 Å². The number of para-hydroxylation sites is 2. The predicted octanol–water partition coefficient (Wildman–Crippen LogP) is 6.77. The summed E-state index contributed by atoms with van der Waals surface area (Å²) in [6.45, 7) is 13.3. The molecule has 1 N–H and O–H groups in total. The van der Waals surface area contributed by atoms with E-state index in [1.165, 1.54) is 33.9 Å². The fourth-order valence-electron chi connectivity index (χ4n) is 5.86. The van der Waals surface area contributed by atoms with Crippen molar-refractivity contribution < 1.29 is 14.2 Å². The van der Waals surface area contributed by atoms with E-state index in [4.69, 9.17) is 4.84 Å². The summed E-state index contributed by atoms with van der Waals surface area (Å²) in [5, 5.41) is 0. The number of benzene rings is 2. The van der Waals surface area contributed by atoms with Crippen molar-refractivity contribution in [3.8, 4) is 0 Å². The Morgan fingerprint density at radius 2 is 1.73 bits per heavy atom. The zero-order chi connectivity index (χ0) is 26.6. The van der Waals surface area contributed by atoms with Crippen molar-refractivity contribution in [2.45, 2.75) is 71.1 Å². The van der Waals surface area contributed by atoms with Gasteiger partial charge < -0.3 is 9.74 Å². The summed E-state index contributed by atoms with van der Waals surface area (Å²) < 4.78 is 2.48. The van der Waals surface area contributed by atoms with Crippen LogP contribution in [0.25, 0.3) is 0 Å². The molecule has 0 saturated carbocycles. The van der Waals surface area contributed by atoms with Crippen LogP contribution >= 0.6 is 12.8 Å². The Labute approximate surface area is 227 Å². The van der Waals surface area contributed by atoms with Crippen LogP contribution in [0, 0.1) is 0 Å². The van der Waals surface area contributed by atoms with Crippen molar-refractivity contribution in [3.63, 3.8) is 0 Å². The minimum absolute atomic E-state index is 0.0505. The lowest BCUT2D eigenvalue weighted by Gasteiger charge is -2.27. The van der Waals surface area contributed by atoms with E-state index < -0.39 is 0 Å². The molecule has 196 valence electrons. The van der Waals surface area contributed by atoms with Crippen LogP contribution in [0.2, 0.25) is 0 Å². The van der Waals surface area contributed by atoms with Gasteiger partial charge in [-0.15, -0.1) is 0 Å². The summed E-state index contributed by atoms with van der Waals surface area (Å²) >= 11 is 3.73. The molecule has 4 rings (SSSR count). The molecule has 0 saturated heterocycles. The second-order valence-corrected chi connectivity index (χ2v) is 11.1. The van der Waals surface area contributed by atoms with Gasteiger partial charge >= 0.3 is 5.97 Å². The predicted molar refractivity (Wildman–Crippen MR) is 156 cm³/mol. The average Bonchev–Trinajstić information content (AvgIpc) is 3.22. The number of unbranched alkanes of at least 4 members (excludes halogenated alkanes) is 1. The normalized spacial score (nSPS) is 18.5. The van der Waals surface area contributed by atoms with Gasteiger partial charge in [-0.25, -0.2) is 0 Å². The molecule has 0 spiro atoms. The molecule has 5 nitrogen and oxygen atoms in total. The number of rotatable bonds is 10. The number of anilines is 1. The van der Waals surface area contributed by atoms with Crippen molar-refractivity contribution in [3.05, 3.63) is 83.6 Å². The number of carbonyl (C=O) groups excluding carboxylic acids is 1. The third-order valence-electron chi connectivity index (χ3n) is 7.73. The lowest BCUT2D eigenvalue weighted by molar-refractivity contribution is -0.437. The molecule has 0 radical (unpaired) electrons. The van der Waals surface area contributed by atoms with Gasteiger partial charge in [-0.05, 0) is 44.4 Å². The summed E-state index contributed by atoms with van der Waals surface area (Å²) in [7, 11) is 0. The minimum atomic E-state index is -0.287. The first-order valence-corrected chi connectivity index (χ1v) is 13.8. The van der Waals surface area contributed by atoms with Crippen LogP contribution in [-0.2, 0) is 20.5 Å². The van der Waals surface area contributed by atoms with Gasteiger partial charge in [0.15, 0.2) is 5.71 Å². The lowest BCUT2D eigenvalue weighted by Crippen LogP contribution is -2.28. The largest absolute Gasteiger partial charge is 0.360 e. The van der Waals surface area contributed by atoms with Crippen molar-refractivity contribution in [2.24, 2.45) is 0 Å². The van der Waals surface area contributed by atoms with Crippen LogP contribution in [0.4, 0.5) is 11.4 Å². The maximum atomic E-state index is 11.7. The maximum Gasteiger partial charge on any atom is 0.325 e. The Hall–Kier alpha value is -2.83. The monoisotopic (exact) mass is 518 g/mol. The highest BCUT2D eigenvalue weighted by Crippen LogP contribution is 2.47. The molecule has 2 aliphatic rings. The molecule has 0 fully saturated rings. The molecule has 0 atom stereocenters. The number of carbonyl (C=O) groups is 1. The van der Waals surface area contributed by atoms with E-state index in [1.807, 2.05) is 0 Å². The van der Waals surface area contributed by atoms with E-state index in [1.54, 1.807) is 0 Å². The fourth-order valence-corrected chi connectivity index (χ4v) is 5.96. The summed E-state index contributed by atoms with van der Waals surface area (Å²) in [4.78, 5) is 21.0. The molecule has 6 heteroatoms. The highest BCUT2D eigenvalue weighted by Gasteiger charge is 2.44. The lowest BCUT2D eigenvalue weighted by atomic mass is 9.81.